The normalized spacial score (nSPS) is 16.2. The highest BCUT2D eigenvalue weighted by molar-refractivity contribution is 6.30. The second kappa shape index (κ2) is 7.74. The maximum absolute atomic E-state index is 12.6. The first-order chi connectivity index (χ1) is 11.7. The van der Waals surface area contributed by atoms with Crippen LogP contribution in [0, 0.1) is 0 Å². The molecule has 1 fully saturated rings. The van der Waals surface area contributed by atoms with Crippen LogP contribution in [0.3, 0.4) is 0 Å². The fourth-order valence-electron chi connectivity index (χ4n) is 2.77. The fourth-order valence-corrected chi connectivity index (χ4v) is 2.96. The van der Waals surface area contributed by atoms with Crippen LogP contribution in [0.1, 0.15) is 28.5 Å². The van der Waals surface area contributed by atoms with Gasteiger partial charge in [-0.2, -0.15) is 4.98 Å². The van der Waals surface area contributed by atoms with Crippen LogP contribution in [0.2, 0.25) is 5.02 Å². The summed E-state index contributed by atoms with van der Waals surface area (Å²) in [4.78, 5) is 20.9. The Morgan fingerprint density at radius 1 is 1.29 bits per heavy atom. The van der Waals surface area contributed by atoms with Gasteiger partial charge in [-0.1, -0.05) is 22.8 Å². The minimum atomic E-state index is 0.0179. The summed E-state index contributed by atoms with van der Waals surface area (Å²) < 4.78 is 5.03. The third-order valence-electron chi connectivity index (χ3n) is 4.00. The van der Waals surface area contributed by atoms with Gasteiger partial charge in [0.2, 0.25) is 5.89 Å². The van der Waals surface area contributed by atoms with E-state index in [4.69, 9.17) is 21.9 Å². The van der Waals surface area contributed by atoms with Crippen LogP contribution in [0.15, 0.2) is 28.8 Å². The van der Waals surface area contributed by atoms with Gasteiger partial charge in [-0.15, -0.1) is 0 Å². The highest BCUT2D eigenvalue weighted by Gasteiger charge is 2.21. The van der Waals surface area contributed by atoms with Crippen molar-refractivity contribution in [2.75, 3.05) is 26.2 Å². The van der Waals surface area contributed by atoms with Crippen molar-refractivity contribution >= 4 is 17.5 Å². The van der Waals surface area contributed by atoms with Crippen molar-refractivity contribution in [1.82, 2.24) is 19.9 Å². The molecule has 2 heterocycles. The molecule has 1 aliphatic rings. The van der Waals surface area contributed by atoms with Crippen LogP contribution in [0.25, 0.3) is 0 Å². The van der Waals surface area contributed by atoms with Crippen molar-refractivity contribution in [3.8, 4) is 0 Å². The van der Waals surface area contributed by atoms with Crippen molar-refractivity contribution < 1.29 is 9.32 Å². The van der Waals surface area contributed by atoms with Gasteiger partial charge in [0.25, 0.3) is 5.91 Å². The first-order valence-electron chi connectivity index (χ1n) is 7.94. The Hall–Kier alpha value is -1.96. The van der Waals surface area contributed by atoms with Gasteiger partial charge in [0.15, 0.2) is 5.82 Å². The van der Waals surface area contributed by atoms with Crippen LogP contribution in [-0.4, -0.2) is 52.0 Å². The predicted molar refractivity (Wildman–Crippen MR) is 89.4 cm³/mol. The number of amides is 1. The summed E-state index contributed by atoms with van der Waals surface area (Å²) in [5.74, 6) is 1.09. The molecule has 1 aliphatic heterocycles. The molecule has 1 aromatic heterocycles. The summed E-state index contributed by atoms with van der Waals surface area (Å²) >= 11 is 5.98. The van der Waals surface area contributed by atoms with Crippen LogP contribution >= 0.6 is 11.6 Å². The van der Waals surface area contributed by atoms with Crippen molar-refractivity contribution in [3.63, 3.8) is 0 Å². The number of nitrogens with two attached hydrogens (primary N) is 1. The average molecular weight is 350 g/mol. The fraction of sp³-hybridized carbons (Fsp3) is 0.438. The summed E-state index contributed by atoms with van der Waals surface area (Å²) in [7, 11) is 0. The monoisotopic (exact) mass is 349 g/mol. The molecule has 0 bridgehead atoms. The van der Waals surface area contributed by atoms with E-state index >= 15 is 0 Å². The molecule has 0 atom stereocenters. The summed E-state index contributed by atoms with van der Waals surface area (Å²) in [6, 6.07) is 7.07. The van der Waals surface area contributed by atoms with Gasteiger partial charge >= 0.3 is 0 Å². The minimum Gasteiger partial charge on any atom is -0.338 e. The zero-order valence-electron chi connectivity index (χ0n) is 13.3. The molecular formula is C16H20ClN5O2. The van der Waals surface area contributed by atoms with E-state index in [0.717, 1.165) is 26.1 Å². The molecule has 7 nitrogen and oxygen atoms in total. The van der Waals surface area contributed by atoms with Gasteiger partial charge in [0.05, 0.1) is 13.1 Å². The Balaban J connectivity index is 1.59. The Labute approximate surface area is 145 Å². The number of aromatic nitrogens is 2. The Kier molecular flexibility index (Phi) is 5.44. The van der Waals surface area contributed by atoms with Crippen molar-refractivity contribution in [3.05, 3.63) is 46.6 Å². The number of carbonyl (C=O) groups excluding carboxylic acids is 1. The highest BCUT2D eigenvalue weighted by atomic mass is 35.5. The van der Waals surface area contributed by atoms with Gasteiger partial charge in [0, 0.05) is 36.8 Å². The van der Waals surface area contributed by atoms with E-state index in [1.807, 2.05) is 4.90 Å². The zero-order valence-corrected chi connectivity index (χ0v) is 14.1. The molecule has 1 aromatic carbocycles. The quantitative estimate of drug-likeness (QED) is 0.900. The molecule has 2 aromatic rings. The molecule has 0 unspecified atom stereocenters. The predicted octanol–water partition coefficient (Wildman–Crippen LogP) is 1.53. The van der Waals surface area contributed by atoms with Crippen LogP contribution in [-0.2, 0) is 13.1 Å². The SMILES string of the molecule is NCc1nc(CN2CCCN(C(=O)c3cccc(Cl)c3)CC2)no1. The Morgan fingerprint density at radius 2 is 2.17 bits per heavy atom. The van der Waals surface area contributed by atoms with Crippen molar-refractivity contribution in [2.24, 2.45) is 5.73 Å². The van der Waals surface area contributed by atoms with Crippen molar-refractivity contribution in [2.45, 2.75) is 19.5 Å². The molecule has 0 aliphatic carbocycles. The van der Waals surface area contributed by atoms with Gasteiger partial charge in [-0.3, -0.25) is 9.69 Å². The lowest BCUT2D eigenvalue weighted by Gasteiger charge is -2.21. The summed E-state index contributed by atoms with van der Waals surface area (Å²) in [5, 5.41) is 4.49. The third-order valence-corrected chi connectivity index (χ3v) is 4.23. The molecule has 3 rings (SSSR count). The Morgan fingerprint density at radius 3 is 2.92 bits per heavy atom. The second-order valence-corrected chi connectivity index (χ2v) is 6.18. The molecule has 24 heavy (non-hydrogen) atoms. The zero-order chi connectivity index (χ0) is 16.9. The maximum Gasteiger partial charge on any atom is 0.253 e. The first-order valence-corrected chi connectivity index (χ1v) is 8.32. The smallest absolute Gasteiger partial charge is 0.253 e. The number of carbonyl (C=O) groups is 1. The molecule has 0 radical (unpaired) electrons. The molecule has 1 saturated heterocycles. The average Bonchev–Trinajstić information content (AvgIpc) is 2.91. The number of rotatable bonds is 4. The van der Waals surface area contributed by atoms with E-state index in [2.05, 4.69) is 15.0 Å². The lowest BCUT2D eigenvalue weighted by atomic mass is 10.2. The summed E-state index contributed by atoms with van der Waals surface area (Å²) in [5.41, 5.74) is 6.10. The molecular weight excluding hydrogens is 330 g/mol. The number of benzene rings is 1. The molecule has 0 saturated carbocycles. The summed E-state index contributed by atoms with van der Waals surface area (Å²) in [6.07, 6.45) is 0.897. The molecule has 2 N–H and O–H groups in total. The molecule has 128 valence electrons. The summed E-state index contributed by atoms with van der Waals surface area (Å²) in [6.45, 7) is 3.87. The van der Waals surface area contributed by atoms with E-state index in [9.17, 15) is 4.79 Å². The van der Waals surface area contributed by atoms with Crippen LogP contribution in [0.4, 0.5) is 0 Å². The minimum absolute atomic E-state index is 0.0179. The van der Waals surface area contributed by atoms with Gasteiger partial charge in [0.1, 0.15) is 0 Å². The van der Waals surface area contributed by atoms with Crippen LogP contribution in [0.5, 0.6) is 0 Å². The highest BCUT2D eigenvalue weighted by Crippen LogP contribution is 2.15. The van der Waals surface area contributed by atoms with Gasteiger partial charge in [-0.05, 0) is 24.6 Å². The number of halogens is 1. The van der Waals surface area contributed by atoms with E-state index in [-0.39, 0.29) is 12.5 Å². The molecule has 1 amide bonds. The molecule has 8 heteroatoms. The topological polar surface area (TPSA) is 88.5 Å². The van der Waals surface area contributed by atoms with Gasteiger partial charge in [-0.25, -0.2) is 0 Å². The lowest BCUT2D eigenvalue weighted by molar-refractivity contribution is 0.0761. The Bertz CT molecular complexity index is 705. The van der Waals surface area contributed by atoms with E-state index < -0.39 is 0 Å². The van der Waals surface area contributed by atoms with Crippen LogP contribution < -0.4 is 5.73 Å². The van der Waals surface area contributed by atoms with Gasteiger partial charge < -0.3 is 15.2 Å². The first kappa shape index (κ1) is 16.9. The number of hydrogen-bond donors (Lipinski definition) is 1. The number of nitrogens with zero attached hydrogens (tertiary/aromatic N) is 4. The standard InChI is InChI=1S/C16H20ClN5O2/c17-13-4-1-3-12(9-13)16(23)22-6-2-5-21(7-8-22)11-14-19-15(10-18)24-20-14/h1,3-4,9H,2,5-8,10-11,18H2. The van der Waals surface area contributed by atoms with Crippen molar-refractivity contribution in [1.29, 1.82) is 0 Å². The third kappa shape index (κ3) is 4.11. The molecule has 0 spiro atoms. The number of hydrogen-bond acceptors (Lipinski definition) is 6. The van der Waals surface area contributed by atoms with E-state index in [0.29, 0.717) is 35.4 Å². The lowest BCUT2D eigenvalue weighted by Crippen LogP contribution is -2.35. The van der Waals surface area contributed by atoms with E-state index in [1.165, 1.54) is 0 Å². The largest absolute Gasteiger partial charge is 0.338 e. The second-order valence-electron chi connectivity index (χ2n) is 5.74. The van der Waals surface area contributed by atoms with E-state index in [1.54, 1.807) is 24.3 Å². The maximum atomic E-state index is 12.6.